The smallest absolute Gasteiger partial charge is 0.374 e. The molecule has 0 N–H and O–H groups in total. The summed E-state index contributed by atoms with van der Waals surface area (Å²) < 4.78 is 45.6. The normalized spacial score (nSPS) is 25.5. The second kappa shape index (κ2) is 7.44. The summed E-state index contributed by atoms with van der Waals surface area (Å²) in [6.07, 6.45) is -1.43. The number of hydrogen-bond acceptors (Lipinski definition) is 2. The second-order valence-corrected chi connectivity index (χ2v) is 7.28. The van der Waals surface area contributed by atoms with E-state index in [0.717, 1.165) is 24.8 Å². The minimum Gasteiger partial charge on any atom is -0.374 e. The van der Waals surface area contributed by atoms with E-state index in [1.165, 1.54) is 12.1 Å². The van der Waals surface area contributed by atoms with Gasteiger partial charge in [-0.2, -0.15) is 13.2 Å². The van der Waals surface area contributed by atoms with Gasteiger partial charge in [0, 0.05) is 6.04 Å². The van der Waals surface area contributed by atoms with E-state index in [9.17, 15) is 13.2 Å². The molecular formula is C19H28F3NO. The van der Waals surface area contributed by atoms with Crippen LogP contribution in [-0.2, 0) is 10.9 Å². The van der Waals surface area contributed by atoms with Crippen molar-refractivity contribution in [3.63, 3.8) is 0 Å². The Kier molecular flexibility index (Phi) is 5.97. The molecule has 1 aliphatic rings. The molecule has 0 spiro atoms. The zero-order valence-electron chi connectivity index (χ0n) is 15.2. The van der Waals surface area contributed by atoms with Crippen LogP contribution in [-0.4, -0.2) is 37.2 Å². The van der Waals surface area contributed by atoms with Gasteiger partial charge in [-0.3, -0.25) is 0 Å². The Balaban J connectivity index is 2.25. The highest BCUT2D eigenvalue weighted by Gasteiger charge is 2.37. The lowest BCUT2D eigenvalue weighted by Crippen LogP contribution is -2.45. The largest absolute Gasteiger partial charge is 0.416 e. The molecule has 0 aromatic heterocycles. The molecule has 0 bridgehead atoms. The molecule has 0 amide bonds. The van der Waals surface area contributed by atoms with Crippen molar-refractivity contribution in [1.82, 2.24) is 4.90 Å². The maximum absolute atomic E-state index is 13.2. The van der Waals surface area contributed by atoms with Gasteiger partial charge in [0.25, 0.3) is 0 Å². The highest BCUT2D eigenvalue weighted by atomic mass is 19.4. The summed E-state index contributed by atoms with van der Waals surface area (Å²) in [6, 6.07) is 4.79. The third-order valence-electron chi connectivity index (χ3n) is 4.99. The molecule has 1 aromatic rings. The first-order valence-electron chi connectivity index (χ1n) is 8.59. The van der Waals surface area contributed by atoms with Crippen molar-refractivity contribution in [2.45, 2.75) is 70.4 Å². The monoisotopic (exact) mass is 343 g/mol. The van der Waals surface area contributed by atoms with Gasteiger partial charge in [0.05, 0.1) is 17.8 Å². The average Bonchev–Trinajstić information content (AvgIpc) is 2.46. The molecular weight excluding hydrogens is 315 g/mol. The van der Waals surface area contributed by atoms with Gasteiger partial charge in [-0.15, -0.1) is 0 Å². The Morgan fingerprint density at radius 3 is 2.38 bits per heavy atom. The van der Waals surface area contributed by atoms with Crippen LogP contribution in [0.15, 0.2) is 18.2 Å². The Labute approximate surface area is 143 Å². The molecule has 0 unspecified atom stereocenters. The Bertz CT molecular complexity index is 554. The van der Waals surface area contributed by atoms with Crippen LogP contribution in [0.25, 0.3) is 0 Å². The zero-order chi connectivity index (χ0) is 18.1. The van der Waals surface area contributed by atoms with E-state index in [-0.39, 0.29) is 24.2 Å². The quantitative estimate of drug-likeness (QED) is 0.762. The molecule has 1 saturated carbocycles. The van der Waals surface area contributed by atoms with E-state index in [4.69, 9.17) is 4.74 Å². The highest BCUT2D eigenvalue weighted by molar-refractivity contribution is 5.38. The predicted molar refractivity (Wildman–Crippen MR) is 90.3 cm³/mol. The fourth-order valence-electron chi connectivity index (χ4n) is 3.86. The summed E-state index contributed by atoms with van der Waals surface area (Å²) in [6.45, 7) is 5.64. The van der Waals surface area contributed by atoms with Crippen molar-refractivity contribution >= 4 is 0 Å². The first-order chi connectivity index (χ1) is 11.1. The summed E-state index contributed by atoms with van der Waals surface area (Å²) >= 11 is 0. The van der Waals surface area contributed by atoms with Gasteiger partial charge in [-0.05, 0) is 77.2 Å². The topological polar surface area (TPSA) is 12.5 Å². The fourth-order valence-corrected chi connectivity index (χ4v) is 3.86. The van der Waals surface area contributed by atoms with Crippen molar-refractivity contribution < 1.29 is 17.9 Å². The lowest BCUT2D eigenvalue weighted by Gasteiger charge is -2.41. The van der Waals surface area contributed by atoms with E-state index in [1.807, 2.05) is 34.0 Å². The highest BCUT2D eigenvalue weighted by Crippen LogP contribution is 2.41. The number of halogens is 3. The molecule has 3 atom stereocenters. The van der Waals surface area contributed by atoms with E-state index >= 15 is 0 Å². The first-order valence-corrected chi connectivity index (χ1v) is 8.59. The van der Waals surface area contributed by atoms with Gasteiger partial charge >= 0.3 is 6.18 Å². The van der Waals surface area contributed by atoms with Crippen molar-refractivity contribution in [3.05, 3.63) is 34.9 Å². The van der Waals surface area contributed by atoms with Gasteiger partial charge in [0.2, 0.25) is 0 Å². The van der Waals surface area contributed by atoms with Gasteiger partial charge in [-0.1, -0.05) is 12.1 Å². The summed E-state index contributed by atoms with van der Waals surface area (Å²) in [5.74, 6) is 0.145. The maximum Gasteiger partial charge on any atom is 0.416 e. The third-order valence-corrected chi connectivity index (χ3v) is 4.99. The van der Waals surface area contributed by atoms with Gasteiger partial charge in [0.15, 0.2) is 0 Å². The third kappa shape index (κ3) is 4.31. The van der Waals surface area contributed by atoms with Crippen LogP contribution in [0.5, 0.6) is 0 Å². The summed E-state index contributed by atoms with van der Waals surface area (Å²) in [5.41, 5.74) is 0.692. The number of ether oxygens (including phenoxy) is 1. The average molecular weight is 343 g/mol. The van der Waals surface area contributed by atoms with Crippen molar-refractivity contribution in [1.29, 1.82) is 0 Å². The second-order valence-electron chi connectivity index (χ2n) is 7.28. The number of benzene rings is 1. The number of likely N-dealkylation sites (N-methyl/N-ethyl adjacent to an activating group) is 1. The molecule has 5 heteroatoms. The van der Waals surface area contributed by atoms with E-state index in [2.05, 4.69) is 4.90 Å². The molecule has 0 saturated heterocycles. The van der Waals surface area contributed by atoms with E-state index in [0.29, 0.717) is 5.56 Å². The zero-order valence-corrected chi connectivity index (χ0v) is 15.2. The lowest BCUT2D eigenvalue weighted by molar-refractivity contribution is -0.138. The fraction of sp³-hybridized carbons (Fsp3) is 0.684. The van der Waals surface area contributed by atoms with Gasteiger partial charge < -0.3 is 9.64 Å². The number of nitrogens with zero attached hydrogens (tertiary/aromatic N) is 1. The lowest BCUT2D eigenvalue weighted by atomic mass is 9.77. The molecule has 136 valence electrons. The van der Waals surface area contributed by atoms with Crippen LogP contribution >= 0.6 is 0 Å². The van der Waals surface area contributed by atoms with Crippen molar-refractivity contribution in [3.8, 4) is 0 Å². The first kappa shape index (κ1) is 19.3. The van der Waals surface area contributed by atoms with Crippen LogP contribution in [0.2, 0.25) is 0 Å². The SMILES string of the molecule is Cc1c([C@H]2CC[C@H](OC(C)C)[C@@H](N(C)C)C2)cccc1C(F)(F)F. The molecule has 0 aliphatic heterocycles. The van der Waals surface area contributed by atoms with Crippen LogP contribution < -0.4 is 0 Å². The summed E-state index contributed by atoms with van der Waals surface area (Å²) in [7, 11) is 4.03. The van der Waals surface area contributed by atoms with Gasteiger partial charge in [-0.25, -0.2) is 0 Å². The van der Waals surface area contributed by atoms with Crippen LogP contribution in [0, 0.1) is 6.92 Å². The number of hydrogen-bond donors (Lipinski definition) is 0. The predicted octanol–water partition coefficient (Wildman–Crippen LogP) is 5.01. The maximum atomic E-state index is 13.2. The van der Waals surface area contributed by atoms with Crippen LogP contribution in [0.3, 0.4) is 0 Å². The Morgan fingerprint density at radius 2 is 1.83 bits per heavy atom. The molecule has 1 aliphatic carbocycles. The van der Waals surface area contributed by atoms with Crippen molar-refractivity contribution in [2.75, 3.05) is 14.1 Å². The molecule has 0 radical (unpaired) electrons. The standard InChI is InChI=1S/C19H28F3NO/c1-12(2)24-18-10-9-14(11-17(18)23(4)5)15-7-6-8-16(13(15)3)19(20,21)22/h6-8,12,14,17-18H,9-11H2,1-5H3/t14-,17-,18-/m0/s1. The molecule has 2 rings (SSSR count). The summed E-state index contributed by atoms with van der Waals surface area (Å²) in [5, 5.41) is 0. The van der Waals surface area contributed by atoms with Crippen LogP contribution in [0.4, 0.5) is 13.2 Å². The van der Waals surface area contributed by atoms with Crippen LogP contribution in [0.1, 0.15) is 55.7 Å². The minimum atomic E-state index is -4.29. The summed E-state index contributed by atoms with van der Waals surface area (Å²) in [4.78, 5) is 2.14. The van der Waals surface area contributed by atoms with Gasteiger partial charge in [0.1, 0.15) is 0 Å². The molecule has 0 heterocycles. The van der Waals surface area contributed by atoms with Crippen molar-refractivity contribution in [2.24, 2.45) is 0 Å². The Morgan fingerprint density at radius 1 is 1.17 bits per heavy atom. The minimum absolute atomic E-state index is 0.141. The molecule has 24 heavy (non-hydrogen) atoms. The van der Waals surface area contributed by atoms with E-state index in [1.54, 1.807) is 6.92 Å². The molecule has 2 nitrogen and oxygen atoms in total. The number of alkyl halides is 3. The molecule has 1 aromatic carbocycles. The Hall–Kier alpha value is -1.07. The molecule has 1 fully saturated rings. The number of rotatable bonds is 4. The van der Waals surface area contributed by atoms with E-state index < -0.39 is 11.7 Å².